The minimum atomic E-state index is -0.424. The summed E-state index contributed by atoms with van der Waals surface area (Å²) in [7, 11) is 1.38. The number of rotatable bonds is 6. The minimum absolute atomic E-state index is 0.140. The lowest BCUT2D eigenvalue weighted by atomic mass is 10.0. The second-order valence-electron chi connectivity index (χ2n) is 5.75. The van der Waals surface area contributed by atoms with Crippen LogP contribution in [0.2, 0.25) is 5.02 Å². The number of benzene rings is 2. The summed E-state index contributed by atoms with van der Waals surface area (Å²) in [6, 6.07) is 8.86. The second-order valence-corrected chi connectivity index (χ2v) is 6.94. The van der Waals surface area contributed by atoms with Crippen LogP contribution in [-0.2, 0) is 22.5 Å². The Hall–Kier alpha value is -1.72. The molecule has 25 heavy (non-hydrogen) atoms. The number of anilines is 1. The lowest BCUT2D eigenvalue weighted by molar-refractivity contribution is -0.139. The third kappa shape index (κ3) is 4.67. The number of methoxy groups -OCH3 is 1. The smallest absolute Gasteiger partial charge is 0.309 e. The maximum absolute atomic E-state index is 13.7. The van der Waals surface area contributed by atoms with Crippen molar-refractivity contribution < 1.29 is 13.9 Å². The average molecular weight is 382 g/mol. The highest BCUT2D eigenvalue weighted by Crippen LogP contribution is 2.32. The molecule has 0 N–H and O–H groups in total. The van der Waals surface area contributed by atoms with Gasteiger partial charge >= 0.3 is 5.97 Å². The number of hydrogen-bond acceptors (Lipinski definition) is 4. The summed E-state index contributed by atoms with van der Waals surface area (Å²) in [6.45, 7) is 4.42. The van der Waals surface area contributed by atoms with E-state index in [-0.39, 0.29) is 17.4 Å². The highest BCUT2D eigenvalue weighted by molar-refractivity contribution is 7.99. The van der Waals surface area contributed by atoms with E-state index >= 15 is 0 Å². The number of hydrogen-bond donors (Lipinski definition) is 0. The molecule has 0 aromatic heterocycles. The third-order valence-corrected chi connectivity index (χ3v) is 5.22. The molecule has 6 heteroatoms. The van der Waals surface area contributed by atoms with Crippen LogP contribution in [0.1, 0.15) is 22.3 Å². The van der Waals surface area contributed by atoms with Crippen molar-refractivity contribution in [1.29, 1.82) is 0 Å². The molecule has 0 fully saturated rings. The van der Waals surface area contributed by atoms with Crippen molar-refractivity contribution in [2.45, 2.75) is 26.8 Å². The van der Waals surface area contributed by atoms with Gasteiger partial charge in [0.1, 0.15) is 5.82 Å². The first-order chi connectivity index (χ1) is 11.9. The number of carbonyl (C=O) groups excluding carboxylic acids is 1. The fourth-order valence-electron chi connectivity index (χ4n) is 2.66. The molecule has 0 heterocycles. The molecule has 2 aromatic rings. The monoisotopic (exact) mass is 381 g/mol. The summed E-state index contributed by atoms with van der Waals surface area (Å²) < 4.78 is 20.5. The number of esters is 1. The van der Waals surface area contributed by atoms with Crippen LogP contribution in [0, 0.1) is 19.7 Å². The lowest BCUT2D eigenvalue weighted by Crippen LogP contribution is -2.17. The summed E-state index contributed by atoms with van der Waals surface area (Å²) >= 11 is 7.62. The lowest BCUT2D eigenvalue weighted by Gasteiger charge is -2.26. The van der Waals surface area contributed by atoms with Gasteiger partial charge in [0, 0.05) is 6.26 Å². The molecule has 0 saturated heterocycles. The van der Waals surface area contributed by atoms with Gasteiger partial charge in [-0.2, -0.15) is 0 Å². The summed E-state index contributed by atoms with van der Waals surface area (Å²) in [5.74, 6) is -0.698. The third-order valence-electron chi connectivity index (χ3n) is 4.03. The fourth-order valence-corrected chi connectivity index (χ4v) is 3.50. The Kier molecular flexibility index (Phi) is 6.73. The van der Waals surface area contributed by atoms with Gasteiger partial charge in [0.25, 0.3) is 0 Å². The Labute approximate surface area is 157 Å². The molecule has 3 nitrogen and oxygen atoms in total. The zero-order valence-electron chi connectivity index (χ0n) is 14.7. The van der Waals surface area contributed by atoms with E-state index in [0.717, 1.165) is 22.4 Å². The van der Waals surface area contributed by atoms with Crippen molar-refractivity contribution in [3.05, 3.63) is 63.4 Å². The molecule has 0 aliphatic rings. The maximum atomic E-state index is 13.7. The number of nitrogens with zero attached hydrogens (tertiary/aromatic N) is 1. The Morgan fingerprint density at radius 3 is 2.64 bits per heavy atom. The van der Waals surface area contributed by atoms with Crippen LogP contribution >= 0.6 is 23.5 Å². The van der Waals surface area contributed by atoms with Crippen LogP contribution in [0.3, 0.4) is 0 Å². The minimum Gasteiger partial charge on any atom is -0.469 e. The Morgan fingerprint density at radius 2 is 2.00 bits per heavy atom. The normalized spacial score (nSPS) is 10.6. The number of halogens is 2. The van der Waals surface area contributed by atoms with Gasteiger partial charge in [-0.25, -0.2) is 4.39 Å². The van der Waals surface area contributed by atoms with Crippen molar-refractivity contribution in [1.82, 2.24) is 0 Å². The molecule has 2 aromatic carbocycles. The van der Waals surface area contributed by atoms with E-state index in [4.69, 9.17) is 16.3 Å². The number of aryl methyl sites for hydroxylation is 1. The molecule has 0 radical (unpaired) electrons. The van der Waals surface area contributed by atoms with Gasteiger partial charge in [-0.05, 0) is 48.2 Å². The molecular weight excluding hydrogens is 361 g/mol. The largest absolute Gasteiger partial charge is 0.469 e. The van der Waals surface area contributed by atoms with Crippen LogP contribution < -0.4 is 4.31 Å². The quantitative estimate of drug-likeness (QED) is 0.514. The molecule has 0 aliphatic carbocycles. The van der Waals surface area contributed by atoms with Gasteiger partial charge in [0.05, 0.1) is 30.8 Å². The topological polar surface area (TPSA) is 29.5 Å². The summed E-state index contributed by atoms with van der Waals surface area (Å²) in [4.78, 5) is 11.7. The Bertz CT molecular complexity index is 782. The Balaban J connectivity index is 2.40. The van der Waals surface area contributed by atoms with Crippen molar-refractivity contribution in [2.75, 3.05) is 17.7 Å². The summed E-state index contributed by atoms with van der Waals surface area (Å²) in [5.41, 5.74) is 4.66. The molecule has 0 aliphatic heterocycles. The SMILES string of the molecule is COC(=O)Cc1cc(C)cc(N(Cc2cccc(F)c2Cl)SC)c1C. The summed E-state index contributed by atoms with van der Waals surface area (Å²) in [6.07, 6.45) is 2.18. The standard InChI is InChI=1S/C19H21ClFNO2S/c1-12-8-15(10-18(23)24-3)13(2)17(9-12)22(25-4)11-14-6-5-7-16(21)19(14)20/h5-9H,10-11H2,1-4H3. The van der Waals surface area contributed by atoms with E-state index in [1.165, 1.54) is 25.1 Å². The van der Waals surface area contributed by atoms with Crippen LogP contribution in [0.4, 0.5) is 10.1 Å². The Morgan fingerprint density at radius 1 is 1.28 bits per heavy atom. The van der Waals surface area contributed by atoms with Crippen molar-refractivity contribution >= 4 is 35.2 Å². The molecule has 2 rings (SSSR count). The second kappa shape index (κ2) is 8.59. The molecule has 0 amide bonds. The van der Waals surface area contributed by atoms with Crippen LogP contribution in [0.25, 0.3) is 0 Å². The van der Waals surface area contributed by atoms with E-state index in [2.05, 4.69) is 6.07 Å². The van der Waals surface area contributed by atoms with Gasteiger partial charge in [-0.1, -0.05) is 41.7 Å². The van der Waals surface area contributed by atoms with E-state index in [0.29, 0.717) is 12.1 Å². The zero-order valence-corrected chi connectivity index (χ0v) is 16.3. The van der Waals surface area contributed by atoms with Crippen LogP contribution in [0.5, 0.6) is 0 Å². The highest BCUT2D eigenvalue weighted by Gasteiger charge is 2.17. The molecule has 0 unspecified atom stereocenters. The predicted octanol–water partition coefficient (Wildman–Crippen LogP) is 5.10. The van der Waals surface area contributed by atoms with Gasteiger partial charge < -0.3 is 9.04 Å². The first-order valence-corrected chi connectivity index (χ1v) is 9.34. The van der Waals surface area contributed by atoms with Gasteiger partial charge in [-0.15, -0.1) is 0 Å². The first-order valence-electron chi connectivity index (χ1n) is 7.78. The maximum Gasteiger partial charge on any atom is 0.309 e. The van der Waals surface area contributed by atoms with E-state index in [1.54, 1.807) is 6.07 Å². The van der Waals surface area contributed by atoms with E-state index in [9.17, 15) is 9.18 Å². The van der Waals surface area contributed by atoms with Crippen molar-refractivity contribution in [3.63, 3.8) is 0 Å². The van der Waals surface area contributed by atoms with Crippen molar-refractivity contribution in [2.24, 2.45) is 0 Å². The number of ether oxygens (including phenoxy) is 1. The molecule has 0 spiro atoms. The van der Waals surface area contributed by atoms with Gasteiger partial charge in [0.15, 0.2) is 0 Å². The average Bonchev–Trinajstić information content (AvgIpc) is 2.59. The zero-order chi connectivity index (χ0) is 18.6. The van der Waals surface area contributed by atoms with Crippen LogP contribution in [0.15, 0.2) is 30.3 Å². The van der Waals surface area contributed by atoms with E-state index < -0.39 is 5.82 Å². The van der Waals surface area contributed by atoms with Gasteiger partial charge in [-0.3, -0.25) is 4.79 Å². The van der Waals surface area contributed by atoms with Crippen LogP contribution in [-0.4, -0.2) is 19.3 Å². The van der Waals surface area contributed by atoms with E-state index in [1.807, 2.05) is 36.5 Å². The molecule has 0 saturated carbocycles. The predicted molar refractivity (Wildman–Crippen MR) is 103 cm³/mol. The summed E-state index contributed by atoms with van der Waals surface area (Å²) in [5, 5.41) is 0.140. The molecule has 0 bridgehead atoms. The number of carbonyl (C=O) groups is 1. The fraction of sp³-hybridized carbons (Fsp3) is 0.316. The van der Waals surface area contributed by atoms with Gasteiger partial charge in [0.2, 0.25) is 0 Å². The first kappa shape index (κ1) is 19.6. The molecule has 0 atom stereocenters. The molecular formula is C19H21ClFNO2S. The van der Waals surface area contributed by atoms with Crippen molar-refractivity contribution in [3.8, 4) is 0 Å². The molecule has 134 valence electrons. The highest BCUT2D eigenvalue weighted by atomic mass is 35.5.